The minimum atomic E-state index is -1.56. The first-order valence-corrected chi connectivity index (χ1v) is 9.88. The molecule has 0 radical (unpaired) electrons. The van der Waals surface area contributed by atoms with Crippen LogP contribution in [0.3, 0.4) is 0 Å². The molecule has 8 nitrogen and oxygen atoms in total. The van der Waals surface area contributed by atoms with Crippen LogP contribution in [0.1, 0.15) is 27.3 Å². The van der Waals surface area contributed by atoms with Gasteiger partial charge in [0.25, 0.3) is 11.8 Å². The van der Waals surface area contributed by atoms with E-state index in [1.807, 2.05) is 0 Å². The molecule has 11 heteroatoms. The predicted octanol–water partition coefficient (Wildman–Crippen LogP) is 3.04. The SMILES string of the molecule is CC1(c2ccccc2F)NC(=O)N(Cc2nnc(C(=O)Nc3ccc(F)cc3)s2)C1=O. The summed E-state index contributed by atoms with van der Waals surface area (Å²) in [6, 6.07) is 10.2. The van der Waals surface area contributed by atoms with Gasteiger partial charge < -0.3 is 10.6 Å². The van der Waals surface area contributed by atoms with E-state index in [9.17, 15) is 23.2 Å². The highest BCUT2D eigenvalue weighted by atomic mass is 32.1. The number of rotatable bonds is 5. The number of urea groups is 1. The molecule has 1 atom stereocenters. The van der Waals surface area contributed by atoms with Gasteiger partial charge in [-0.15, -0.1) is 10.2 Å². The zero-order valence-corrected chi connectivity index (χ0v) is 16.9. The molecule has 2 aromatic carbocycles. The highest BCUT2D eigenvalue weighted by molar-refractivity contribution is 7.13. The molecule has 4 amide bonds. The molecule has 0 spiro atoms. The lowest BCUT2D eigenvalue weighted by molar-refractivity contribution is -0.131. The lowest BCUT2D eigenvalue weighted by Crippen LogP contribution is -2.41. The molecule has 2 N–H and O–H groups in total. The minimum absolute atomic E-state index is 0.00300. The third-order valence-corrected chi connectivity index (χ3v) is 5.65. The molecule has 0 saturated carbocycles. The predicted molar refractivity (Wildman–Crippen MR) is 107 cm³/mol. The third-order valence-electron chi connectivity index (χ3n) is 4.74. The van der Waals surface area contributed by atoms with Crippen LogP contribution < -0.4 is 10.6 Å². The van der Waals surface area contributed by atoms with Crippen molar-refractivity contribution in [3.63, 3.8) is 0 Å². The van der Waals surface area contributed by atoms with E-state index < -0.39 is 35.0 Å². The minimum Gasteiger partial charge on any atom is -0.320 e. The Bertz CT molecular complexity index is 1180. The normalized spacial score (nSPS) is 18.2. The van der Waals surface area contributed by atoms with E-state index in [0.29, 0.717) is 5.69 Å². The number of carbonyl (C=O) groups is 3. The number of hydrogen-bond acceptors (Lipinski definition) is 6. The number of imide groups is 1. The van der Waals surface area contributed by atoms with Crippen molar-refractivity contribution in [2.45, 2.75) is 19.0 Å². The summed E-state index contributed by atoms with van der Waals surface area (Å²) in [7, 11) is 0. The number of amides is 4. The lowest BCUT2D eigenvalue weighted by atomic mass is 9.91. The molecular formula is C20H15F2N5O3S. The van der Waals surface area contributed by atoms with E-state index in [-0.39, 0.29) is 22.1 Å². The summed E-state index contributed by atoms with van der Waals surface area (Å²) in [6.45, 7) is 1.20. The fourth-order valence-electron chi connectivity index (χ4n) is 3.15. The molecule has 2 heterocycles. The zero-order valence-electron chi connectivity index (χ0n) is 16.1. The summed E-state index contributed by atoms with van der Waals surface area (Å²) in [5.41, 5.74) is -1.14. The van der Waals surface area contributed by atoms with Gasteiger partial charge in [-0.05, 0) is 37.3 Å². The van der Waals surface area contributed by atoms with Crippen LogP contribution in [0.4, 0.5) is 19.3 Å². The van der Waals surface area contributed by atoms with E-state index in [1.165, 1.54) is 49.4 Å². The molecule has 1 aliphatic rings. The Morgan fingerprint density at radius 1 is 1.13 bits per heavy atom. The smallest absolute Gasteiger partial charge is 0.320 e. The molecule has 4 rings (SSSR count). The number of benzene rings is 2. The van der Waals surface area contributed by atoms with Gasteiger partial charge in [0.2, 0.25) is 5.01 Å². The third kappa shape index (κ3) is 3.87. The van der Waals surface area contributed by atoms with Crippen LogP contribution in [0.2, 0.25) is 0 Å². The number of carbonyl (C=O) groups excluding carboxylic acids is 3. The number of aromatic nitrogens is 2. The Balaban J connectivity index is 1.49. The summed E-state index contributed by atoms with van der Waals surface area (Å²) in [5, 5.41) is 13.0. The first-order chi connectivity index (χ1) is 14.8. The highest BCUT2D eigenvalue weighted by Crippen LogP contribution is 2.31. The average molecular weight is 443 g/mol. The van der Waals surface area contributed by atoms with Crippen LogP contribution in [0.5, 0.6) is 0 Å². The van der Waals surface area contributed by atoms with Crippen molar-refractivity contribution in [2.75, 3.05) is 5.32 Å². The number of anilines is 1. The maximum atomic E-state index is 14.2. The van der Waals surface area contributed by atoms with Crippen molar-refractivity contribution in [2.24, 2.45) is 0 Å². The number of halogens is 2. The van der Waals surface area contributed by atoms with Crippen molar-refractivity contribution < 1.29 is 23.2 Å². The van der Waals surface area contributed by atoms with Gasteiger partial charge in [-0.2, -0.15) is 0 Å². The molecule has 1 saturated heterocycles. The lowest BCUT2D eigenvalue weighted by Gasteiger charge is -2.22. The van der Waals surface area contributed by atoms with Crippen LogP contribution in [-0.2, 0) is 16.9 Å². The Kier molecular flexibility index (Phi) is 5.19. The standard InChI is InChI=1S/C20H15F2N5O3S/c1-20(13-4-2-3-5-14(13)22)18(29)27(19(30)24-20)10-15-25-26-17(31-15)16(28)23-12-8-6-11(21)7-9-12/h2-9H,10H2,1H3,(H,23,28)(H,24,30). The van der Waals surface area contributed by atoms with Crippen molar-refractivity contribution in [1.82, 2.24) is 20.4 Å². The van der Waals surface area contributed by atoms with E-state index in [2.05, 4.69) is 20.8 Å². The van der Waals surface area contributed by atoms with Crippen LogP contribution in [-0.4, -0.2) is 32.9 Å². The van der Waals surface area contributed by atoms with E-state index in [1.54, 1.807) is 6.07 Å². The Hall–Kier alpha value is -3.73. The molecule has 158 valence electrons. The number of nitrogens with one attached hydrogen (secondary N) is 2. The van der Waals surface area contributed by atoms with E-state index in [0.717, 1.165) is 16.2 Å². The van der Waals surface area contributed by atoms with Gasteiger partial charge in [-0.25, -0.2) is 13.6 Å². The van der Waals surface area contributed by atoms with Gasteiger partial charge in [-0.3, -0.25) is 14.5 Å². The fraction of sp³-hybridized carbons (Fsp3) is 0.150. The van der Waals surface area contributed by atoms with Gasteiger partial charge >= 0.3 is 6.03 Å². The second-order valence-electron chi connectivity index (χ2n) is 6.89. The van der Waals surface area contributed by atoms with Crippen molar-refractivity contribution in [1.29, 1.82) is 0 Å². The summed E-state index contributed by atoms with van der Waals surface area (Å²) in [4.78, 5) is 38.5. The first-order valence-electron chi connectivity index (χ1n) is 9.06. The molecule has 0 aliphatic carbocycles. The maximum absolute atomic E-state index is 14.2. The van der Waals surface area contributed by atoms with Crippen molar-refractivity contribution >= 4 is 34.9 Å². The maximum Gasteiger partial charge on any atom is 0.325 e. The van der Waals surface area contributed by atoms with E-state index >= 15 is 0 Å². The van der Waals surface area contributed by atoms with Crippen molar-refractivity contribution in [3.05, 3.63) is 75.7 Å². The summed E-state index contributed by atoms with van der Waals surface area (Å²) in [5.74, 6) is -2.26. The molecule has 1 fully saturated rings. The van der Waals surface area contributed by atoms with Gasteiger partial charge in [0, 0.05) is 11.3 Å². The largest absolute Gasteiger partial charge is 0.325 e. The molecule has 31 heavy (non-hydrogen) atoms. The molecule has 3 aromatic rings. The van der Waals surface area contributed by atoms with Crippen molar-refractivity contribution in [3.8, 4) is 0 Å². The van der Waals surface area contributed by atoms with Crippen LogP contribution in [0.15, 0.2) is 48.5 Å². The molecule has 1 aliphatic heterocycles. The fourth-order valence-corrected chi connectivity index (χ4v) is 3.88. The second kappa shape index (κ2) is 7.84. The highest BCUT2D eigenvalue weighted by Gasteiger charge is 2.50. The first kappa shape index (κ1) is 20.5. The van der Waals surface area contributed by atoms with Gasteiger partial charge in [0.05, 0.1) is 6.54 Å². The van der Waals surface area contributed by atoms with E-state index in [4.69, 9.17) is 0 Å². The van der Waals surface area contributed by atoms with Gasteiger partial charge in [0.15, 0.2) is 0 Å². The molecule has 0 bridgehead atoms. The van der Waals surface area contributed by atoms with Gasteiger partial charge in [-0.1, -0.05) is 29.5 Å². The molecule has 1 aromatic heterocycles. The monoisotopic (exact) mass is 443 g/mol. The molecular weight excluding hydrogens is 428 g/mol. The second-order valence-corrected chi connectivity index (χ2v) is 7.95. The van der Waals surface area contributed by atoms with Crippen LogP contribution >= 0.6 is 11.3 Å². The topological polar surface area (TPSA) is 104 Å². The quantitative estimate of drug-likeness (QED) is 0.590. The summed E-state index contributed by atoms with van der Waals surface area (Å²) < 4.78 is 27.2. The number of nitrogens with zero attached hydrogens (tertiary/aromatic N) is 3. The van der Waals surface area contributed by atoms with Crippen LogP contribution in [0.25, 0.3) is 0 Å². The number of hydrogen-bond donors (Lipinski definition) is 2. The van der Waals surface area contributed by atoms with Crippen LogP contribution in [0, 0.1) is 11.6 Å². The zero-order chi connectivity index (χ0) is 22.2. The Morgan fingerprint density at radius 2 is 1.84 bits per heavy atom. The summed E-state index contributed by atoms with van der Waals surface area (Å²) in [6.07, 6.45) is 0. The molecule has 1 unspecified atom stereocenters. The summed E-state index contributed by atoms with van der Waals surface area (Å²) >= 11 is 0.897. The Morgan fingerprint density at radius 3 is 2.55 bits per heavy atom. The average Bonchev–Trinajstić information content (AvgIpc) is 3.29. The van der Waals surface area contributed by atoms with Gasteiger partial charge in [0.1, 0.15) is 22.2 Å². The Labute approximate surface area is 178 Å².